The predicted octanol–water partition coefficient (Wildman–Crippen LogP) is 0.683. The maximum Gasteiger partial charge on any atom is 0.193 e. The molecule has 1 fully saturated rings. The number of ether oxygens (including phenoxy) is 2. The van der Waals surface area contributed by atoms with Gasteiger partial charge in [0.1, 0.15) is 6.10 Å². The molecule has 4 atom stereocenters. The van der Waals surface area contributed by atoms with Gasteiger partial charge in [-0.3, -0.25) is 4.79 Å². The molecule has 5 heteroatoms. The SMILES string of the molecule is C[C@H]1CCC[C@@]2(CC3=C(CO2)[C@H](O)[C@](C)(O)C3=O)O1. The van der Waals surface area contributed by atoms with Crippen molar-refractivity contribution >= 4 is 5.78 Å². The van der Waals surface area contributed by atoms with E-state index in [1.165, 1.54) is 6.92 Å². The fourth-order valence-electron chi connectivity index (χ4n) is 3.35. The summed E-state index contributed by atoms with van der Waals surface area (Å²) in [5.74, 6) is -1.13. The molecule has 19 heavy (non-hydrogen) atoms. The first-order valence-electron chi connectivity index (χ1n) is 6.85. The van der Waals surface area contributed by atoms with Crippen molar-refractivity contribution < 1.29 is 24.5 Å². The van der Waals surface area contributed by atoms with Gasteiger partial charge in [-0.1, -0.05) is 0 Å². The maximum absolute atomic E-state index is 12.2. The molecular formula is C14H20O5. The van der Waals surface area contributed by atoms with E-state index in [2.05, 4.69) is 0 Å². The van der Waals surface area contributed by atoms with E-state index < -0.39 is 17.5 Å². The van der Waals surface area contributed by atoms with E-state index in [0.717, 1.165) is 19.3 Å². The van der Waals surface area contributed by atoms with E-state index in [0.29, 0.717) is 17.6 Å². The van der Waals surface area contributed by atoms with E-state index in [4.69, 9.17) is 9.47 Å². The third-order valence-electron chi connectivity index (χ3n) is 4.51. The third-order valence-corrected chi connectivity index (χ3v) is 4.51. The van der Waals surface area contributed by atoms with Crippen LogP contribution in [0.15, 0.2) is 11.1 Å². The molecule has 0 unspecified atom stereocenters. The molecule has 0 amide bonds. The number of rotatable bonds is 0. The highest BCUT2D eigenvalue weighted by molar-refractivity contribution is 6.06. The minimum Gasteiger partial charge on any atom is -0.385 e. The van der Waals surface area contributed by atoms with Crippen LogP contribution in [0, 0.1) is 0 Å². The van der Waals surface area contributed by atoms with Crippen LogP contribution < -0.4 is 0 Å². The average Bonchev–Trinajstić information content (AvgIpc) is 2.51. The van der Waals surface area contributed by atoms with E-state index in [1.807, 2.05) is 6.92 Å². The lowest BCUT2D eigenvalue weighted by Gasteiger charge is -2.42. The van der Waals surface area contributed by atoms with Crippen LogP contribution in [0.3, 0.4) is 0 Å². The molecule has 1 spiro atoms. The number of hydrogen-bond donors (Lipinski definition) is 2. The molecule has 1 aliphatic carbocycles. The molecule has 5 nitrogen and oxygen atoms in total. The first-order valence-corrected chi connectivity index (χ1v) is 6.85. The number of ketones is 1. The second-order valence-corrected chi connectivity index (χ2v) is 6.08. The zero-order valence-electron chi connectivity index (χ0n) is 11.3. The number of aliphatic hydroxyl groups excluding tert-OH is 1. The van der Waals surface area contributed by atoms with Gasteiger partial charge in [-0.2, -0.15) is 0 Å². The van der Waals surface area contributed by atoms with Crippen LogP contribution >= 0.6 is 0 Å². The number of carbonyl (C=O) groups is 1. The molecule has 2 N–H and O–H groups in total. The first kappa shape index (κ1) is 13.2. The van der Waals surface area contributed by atoms with Gasteiger partial charge in [-0.05, 0) is 32.3 Å². The van der Waals surface area contributed by atoms with Crippen molar-refractivity contribution in [1.29, 1.82) is 0 Å². The molecule has 0 radical (unpaired) electrons. The van der Waals surface area contributed by atoms with E-state index >= 15 is 0 Å². The Morgan fingerprint density at radius 3 is 2.84 bits per heavy atom. The van der Waals surface area contributed by atoms with Gasteiger partial charge in [0.2, 0.25) is 0 Å². The molecule has 0 aromatic heterocycles. The van der Waals surface area contributed by atoms with Crippen LogP contribution in [0.2, 0.25) is 0 Å². The van der Waals surface area contributed by atoms with E-state index in [1.54, 1.807) is 0 Å². The Balaban J connectivity index is 1.89. The summed E-state index contributed by atoms with van der Waals surface area (Å²) >= 11 is 0. The minimum atomic E-state index is -1.72. The molecule has 0 saturated carbocycles. The largest absolute Gasteiger partial charge is 0.385 e. The van der Waals surface area contributed by atoms with Crippen LogP contribution in [0.25, 0.3) is 0 Å². The molecule has 0 aromatic rings. The molecular weight excluding hydrogens is 248 g/mol. The molecule has 2 aliphatic heterocycles. The van der Waals surface area contributed by atoms with Gasteiger partial charge < -0.3 is 19.7 Å². The van der Waals surface area contributed by atoms with Crippen LogP contribution in [0.1, 0.15) is 39.5 Å². The summed E-state index contributed by atoms with van der Waals surface area (Å²) in [5.41, 5.74) is -0.708. The van der Waals surface area contributed by atoms with Gasteiger partial charge in [-0.25, -0.2) is 0 Å². The van der Waals surface area contributed by atoms with Gasteiger partial charge in [0.25, 0.3) is 0 Å². The number of aliphatic hydroxyl groups is 2. The fourth-order valence-corrected chi connectivity index (χ4v) is 3.35. The molecule has 106 valence electrons. The van der Waals surface area contributed by atoms with Crippen molar-refractivity contribution in [2.45, 2.75) is 63.1 Å². The van der Waals surface area contributed by atoms with E-state index in [9.17, 15) is 15.0 Å². The van der Waals surface area contributed by atoms with Gasteiger partial charge in [0, 0.05) is 18.4 Å². The Labute approximate surface area is 112 Å². The third kappa shape index (κ3) is 1.88. The normalized spacial score (nSPS) is 46.8. The van der Waals surface area contributed by atoms with Gasteiger partial charge >= 0.3 is 0 Å². The molecule has 0 bridgehead atoms. The lowest BCUT2D eigenvalue weighted by atomic mass is 9.91. The zero-order chi connectivity index (χ0) is 13.8. The second kappa shape index (κ2) is 4.12. The monoisotopic (exact) mass is 268 g/mol. The summed E-state index contributed by atoms with van der Waals surface area (Å²) in [7, 11) is 0. The Morgan fingerprint density at radius 1 is 1.42 bits per heavy atom. The molecule has 0 aromatic carbocycles. The Hall–Kier alpha value is -0.750. The van der Waals surface area contributed by atoms with Gasteiger partial charge in [0.15, 0.2) is 17.2 Å². The number of carbonyl (C=O) groups excluding carboxylic acids is 1. The Morgan fingerprint density at radius 2 is 2.16 bits per heavy atom. The lowest BCUT2D eigenvalue weighted by molar-refractivity contribution is -0.277. The second-order valence-electron chi connectivity index (χ2n) is 6.08. The lowest BCUT2D eigenvalue weighted by Crippen LogP contribution is -2.45. The van der Waals surface area contributed by atoms with Gasteiger partial charge in [-0.15, -0.1) is 0 Å². The molecule has 3 rings (SSSR count). The van der Waals surface area contributed by atoms with Crippen molar-refractivity contribution in [2.24, 2.45) is 0 Å². The Bertz CT molecular complexity index is 453. The number of Topliss-reactive ketones (excluding diaryl/α,β-unsaturated/α-hetero) is 1. The summed E-state index contributed by atoms with van der Waals surface area (Å²) in [4.78, 5) is 12.2. The van der Waals surface area contributed by atoms with Crippen molar-refractivity contribution in [3.05, 3.63) is 11.1 Å². The van der Waals surface area contributed by atoms with Crippen molar-refractivity contribution in [2.75, 3.05) is 6.61 Å². The molecule has 1 saturated heterocycles. The van der Waals surface area contributed by atoms with Crippen LogP contribution in [-0.2, 0) is 14.3 Å². The highest BCUT2D eigenvalue weighted by Crippen LogP contribution is 2.45. The average molecular weight is 268 g/mol. The summed E-state index contributed by atoms with van der Waals surface area (Å²) < 4.78 is 11.7. The topological polar surface area (TPSA) is 76.0 Å². The molecule has 3 aliphatic rings. The summed E-state index contributed by atoms with van der Waals surface area (Å²) in [5, 5.41) is 20.1. The summed E-state index contributed by atoms with van der Waals surface area (Å²) in [6.45, 7) is 3.51. The van der Waals surface area contributed by atoms with Crippen LogP contribution in [0.4, 0.5) is 0 Å². The predicted molar refractivity (Wildman–Crippen MR) is 66.4 cm³/mol. The maximum atomic E-state index is 12.2. The zero-order valence-corrected chi connectivity index (χ0v) is 11.3. The van der Waals surface area contributed by atoms with E-state index in [-0.39, 0.29) is 18.5 Å². The highest BCUT2D eigenvalue weighted by Gasteiger charge is 2.54. The van der Waals surface area contributed by atoms with Gasteiger partial charge in [0.05, 0.1) is 12.7 Å². The van der Waals surface area contributed by atoms with Crippen LogP contribution in [0.5, 0.6) is 0 Å². The highest BCUT2D eigenvalue weighted by atomic mass is 16.7. The number of hydrogen-bond acceptors (Lipinski definition) is 5. The van der Waals surface area contributed by atoms with Crippen LogP contribution in [-0.4, -0.2) is 46.2 Å². The van der Waals surface area contributed by atoms with Crippen molar-refractivity contribution in [1.82, 2.24) is 0 Å². The Kier molecular flexibility index (Phi) is 2.87. The standard InChI is InChI=1S/C14H20O5/c1-8-4-3-5-14(19-8)6-9-10(7-18-14)12(16)13(2,17)11(9)15/h8,12,16-17H,3-7H2,1-2H3/t8-,12-,13+,14-/m0/s1. The smallest absolute Gasteiger partial charge is 0.193 e. The molecule has 2 heterocycles. The quantitative estimate of drug-likeness (QED) is 0.676. The first-order chi connectivity index (χ1) is 8.86. The summed E-state index contributed by atoms with van der Waals surface area (Å²) in [6, 6.07) is 0. The minimum absolute atomic E-state index is 0.109. The van der Waals surface area contributed by atoms with Crippen molar-refractivity contribution in [3.8, 4) is 0 Å². The van der Waals surface area contributed by atoms with Crippen molar-refractivity contribution in [3.63, 3.8) is 0 Å². The summed E-state index contributed by atoms with van der Waals surface area (Å²) in [6.07, 6.45) is 2.02. The fraction of sp³-hybridized carbons (Fsp3) is 0.786.